The van der Waals surface area contributed by atoms with E-state index in [1.54, 1.807) is 27.7 Å². The third-order valence-electron chi connectivity index (χ3n) is 6.92. The molecular weight excluding hydrogens is 462 g/mol. The number of hydrogen-bond acceptors (Lipinski definition) is 6. The van der Waals surface area contributed by atoms with Crippen LogP contribution in [0.5, 0.6) is 0 Å². The average Bonchev–Trinajstić information content (AvgIpc) is 2.71. The summed E-state index contributed by atoms with van der Waals surface area (Å²) < 4.78 is 17.5. The first kappa shape index (κ1) is 29.0. The fourth-order valence-electron chi connectivity index (χ4n) is 4.07. The Morgan fingerprint density at radius 3 is 2.11 bits per heavy atom. The van der Waals surface area contributed by atoms with Gasteiger partial charge in [-0.2, -0.15) is 0 Å². The Morgan fingerprint density at radius 2 is 1.60 bits per heavy atom. The van der Waals surface area contributed by atoms with Gasteiger partial charge in [-0.15, -0.1) is 0 Å². The molecule has 1 fully saturated rings. The highest BCUT2D eigenvalue weighted by Crippen LogP contribution is 2.42. The maximum Gasteiger partial charge on any atom is 0.326 e. The molecule has 196 valence electrons. The first-order chi connectivity index (χ1) is 15.9. The molecule has 1 aromatic carbocycles. The largest absolute Gasteiger partial charge is 0.461 e. The molecule has 0 spiro atoms. The fourth-order valence-corrected chi connectivity index (χ4v) is 5.50. The second-order valence-corrected chi connectivity index (χ2v) is 16.8. The molecule has 0 N–H and O–H groups in total. The number of ether oxygens (including phenoxy) is 2. The molecule has 2 rings (SSSR count). The number of benzene rings is 1. The molecule has 35 heavy (non-hydrogen) atoms. The summed E-state index contributed by atoms with van der Waals surface area (Å²) in [5.41, 5.74) is 0.216. The molecule has 7 nitrogen and oxygen atoms in total. The molecular formula is C27H43NO6Si. The van der Waals surface area contributed by atoms with Crippen LogP contribution in [0.4, 0.5) is 0 Å². The van der Waals surface area contributed by atoms with E-state index >= 15 is 0 Å². The quantitative estimate of drug-likeness (QED) is 0.268. The highest BCUT2D eigenvalue weighted by Gasteiger charge is 2.56. The van der Waals surface area contributed by atoms with Crippen molar-refractivity contribution >= 4 is 26.2 Å². The molecule has 1 amide bonds. The number of carbonyl (C=O) groups is 3. The molecule has 1 aromatic rings. The van der Waals surface area contributed by atoms with E-state index in [2.05, 4.69) is 33.9 Å². The van der Waals surface area contributed by atoms with Crippen LogP contribution in [0, 0.1) is 11.8 Å². The summed E-state index contributed by atoms with van der Waals surface area (Å²) in [4.78, 5) is 40.3. The number of β-lactam (4-membered cyclic amide) rings is 1. The van der Waals surface area contributed by atoms with Crippen LogP contribution in [-0.4, -0.2) is 55.4 Å². The number of nitrogens with zero attached hydrogens (tertiary/aromatic N) is 1. The lowest BCUT2D eigenvalue weighted by Crippen LogP contribution is -2.69. The van der Waals surface area contributed by atoms with E-state index in [1.165, 1.54) is 4.90 Å². The van der Waals surface area contributed by atoms with E-state index in [4.69, 9.17) is 13.9 Å². The fraction of sp³-hybridized carbons (Fsp3) is 0.667. The second-order valence-electron chi connectivity index (χ2n) is 12.0. The van der Waals surface area contributed by atoms with Crippen LogP contribution in [0.2, 0.25) is 18.1 Å². The van der Waals surface area contributed by atoms with Crippen LogP contribution >= 0.6 is 0 Å². The lowest BCUT2D eigenvalue weighted by molar-refractivity contribution is -0.182. The number of esters is 2. The van der Waals surface area contributed by atoms with Crippen molar-refractivity contribution in [1.82, 2.24) is 4.90 Å². The minimum Gasteiger partial charge on any atom is -0.461 e. The van der Waals surface area contributed by atoms with Gasteiger partial charge in [0.15, 0.2) is 8.32 Å². The third-order valence-corrected chi connectivity index (χ3v) is 11.5. The van der Waals surface area contributed by atoms with Gasteiger partial charge in [-0.1, -0.05) is 51.1 Å². The average molecular weight is 506 g/mol. The predicted molar refractivity (Wildman–Crippen MR) is 138 cm³/mol. The summed E-state index contributed by atoms with van der Waals surface area (Å²) in [6.45, 7) is 19.6. The zero-order valence-corrected chi connectivity index (χ0v) is 24.0. The topological polar surface area (TPSA) is 82.1 Å². The van der Waals surface area contributed by atoms with E-state index in [0.717, 1.165) is 5.56 Å². The molecule has 0 bridgehead atoms. The van der Waals surface area contributed by atoms with Crippen LogP contribution in [-0.2, 0) is 34.9 Å². The van der Waals surface area contributed by atoms with E-state index in [-0.39, 0.29) is 24.1 Å². The molecule has 1 heterocycles. The van der Waals surface area contributed by atoms with Gasteiger partial charge in [0.2, 0.25) is 5.91 Å². The standard InChI is InChI=1S/C27H43NO6Si/c1-18(25(31)32-17-20-14-12-11-13-15-20)23-22(19(2)34-35(9,10)27(6,7)8)24(30)28(23)16-21(29)33-26(3,4)5/h11-15,18-19,22-23H,16-17H2,1-10H3/t18-,19-,22-,23-/m1/s1. The highest BCUT2D eigenvalue weighted by atomic mass is 28.4. The maximum absolute atomic E-state index is 13.3. The van der Waals surface area contributed by atoms with Crippen molar-refractivity contribution in [3.63, 3.8) is 0 Å². The van der Waals surface area contributed by atoms with Crippen molar-refractivity contribution in [2.75, 3.05) is 6.54 Å². The van der Waals surface area contributed by atoms with Crippen LogP contribution in [0.15, 0.2) is 30.3 Å². The van der Waals surface area contributed by atoms with Gasteiger partial charge in [-0.3, -0.25) is 14.4 Å². The van der Waals surface area contributed by atoms with E-state index in [0.29, 0.717) is 0 Å². The molecule has 0 radical (unpaired) electrons. The number of hydrogen-bond donors (Lipinski definition) is 0. The molecule has 4 atom stereocenters. The van der Waals surface area contributed by atoms with Crippen molar-refractivity contribution in [2.45, 2.75) is 97.9 Å². The summed E-state index contributed by atoms with van der Waals surface area (Å²) >= 11 is 0. The smallest absolute Gasteiger partial charge is 0.326 e. The second kappa shape index (κ2) is 10.8. The Hall–Kier alpha value is -2.19. The Bertz CT molecular complexity index is 902. The first-order valence-electron chi connectivity index (χ1n) is 12.4. The van der Waals surface area contributed by atoms with E-state index in [1.807, 2.05) is 37.3 Å². The molecule has 0 aliphatic carbocycles. The van der Waals surface area contributed by atoms with Crippen molar-refractivity contribution in [1.29, 1.82) is 0 Å². The molecule has 1 saturated heterocycles. The van der Waals surface area contributed by atoms with Crippen molar-refractivity contribution in [2.24, 2.45) is 11.8 Å². The minimum absolute atomic E-state index is 0.0278. The third kappa shape index (κ3) is 7.40. The van der Waals surface area contributed by atoms with Gasteiger partial charge < -0.3 is 18.8 Å². The van der Waals surface area contributed by atoms with E-state index < -0.39 is 49.8 Å². The Labute approximate surface area is 211 Å². The normalized spacial score (nSPS) is 20.6. The summed E-state index contributed by atoms with van der Waals surface area (Å²) in [6.07, 6.45) is -0.396. The Kier molecular flexibility index (Phi) is 8.98. The number of rotatable bonds is 9. The lowest BCUT2D eigenvalue weighted by atomic mass is 9.76. The number of likely N-dealkylation sites (tertiary alicyclic amines) is 1. The zero-order valence-electron chi connectivity index (χ0n) is 23.0. The molecule has 0 aromatic heterocycles. The van der Waals surface area contributed by atoms with Gasteiger partial charge in [0.05, 0.1) is 24.0 Å². The monoisotopic (exact) mass is 505 g/mol. The van der Waals surface area contributed by atoms with Gasteiger partial charge in [-0.05, 0) is 58.3 Å². The van der Waals surface area contributed by atoms with Gasteiger partial charge in [0, 0.05) is 0 Å². The lowest BCUT2D eigenvalue weighted by Gasteiger charge is -2.52. The van der Waals surface area contributed by atoms with E-state index in [9.17, 15) is 14.4 Å². The maximum atomic E-state index is 13.3. The first-order valence-corrected chi connectivity index (χ1v) is 15.3. The molecule has 0 saturated carbocycles. The molecule has 8 heteroatoms. The SMILES string of the molecule is C[C@@H](O[Si](C)(C)C(C)(C)C)[C@H]1C(=O)N(CC(=O)OC(C)(C)C)[C@@H]1[C@@H](C)C(=O)OCc1ccccc1. The van der Waals surface area contributed by atoms with Crippen LogP contribution < -0.4 is 0 Å². The van der Waals surface area contributed by atoms with Crippen LogP contribution in [0.25, 0.3) is 0 Å². The summed E-state index contributed by atoms with van der Waals surface area (Å²) in [5, 5.41) is -0.0278. The van der Waals surface area contributed by atoms with Gasteiger partial charge in [0.25, 0.3) is 0 Å². The molecule has 0 unspecified atom stereocenters. The van der Waals surface area contributed by atoms with Crippen molar-refractivity contribution in [3.05, 3.63) is 35.9 Å². The summed E-state index contributed by atoms with van der Waals surface area (Å²) in [5.74, 6) is -2.28. The zero-order chi connectivity index (χ0) is 26.8. The van der Waals surface area contributed by atoms with Crippen LogP contribution in [0.1, 0.15) is 61.0 Å². The minimum atomic E-state index is -2.16. The summed E-state index contributed by atoms with van der Waals surface area (Å²) in [6, 6.07) is 8.93. The highest BCUT2D eigenvalue weighted by molar-refractivity contribution is 6.74. The number of carbonyl (C=O) groups excluding carboxylic acids is 3. The van der Waals surface area contributed by atoms with Gasteiger partial charge >= 0.3 is 11.9 Å². The van der Waals surface area contributed by atoms with Gasteiger partial charge in [-0.25, -0.2) is 0 Å². The van der Waals surface area contributed by atoms with Gasteiger partial charge in [0.1, 0.15) is 18.8 Å². The predicted octanol–water partition coefficient (Wildman–Crippen LogP) is 4.94. The molecule has 1 aliphatic heterocycles. The number of amides is 1. The van der Waals surface area contributed by atoms with Crippen molar-refractivity contribution in [3.8, 4) is 0 Å². The Balaban J connectivity index is 2.22. The van der Waals surface area contributed by atoms with Crippen molar-refractivity contribution < 1.29 is 28.3 Å². The van der Waals surface area contributed by atoms with Crippen LogP contribution in [0.3, 0.4) is 0 Å². The molecule has 1 aliphatic rings. The Morgan fingerprint density at radius 1 is 1.03 bits per heavy atom. The summed E-state index contributed by atoms with van der Waals surface area (Å²) in [7, 11) is -2.16.